The molecule has 3 heterocycles. The highest BCUT2D eigenvalue weighted by atomic mass is 32.1. The van der Waals surface area contributed by atoms with Crippen molar-refractivity contribution in [2.45, 2.75) is 44.4 Å². The number of carboxylic acids is 1. The Bertz CT molecular complexity index is 541. The van der Waals surface area contributed by atoms with Crippen LogP contribution < -0.4 is 0 Å². The number of carbonyl (C=O) groups is 2. The van der Waals surface area contributed by atoms with Gasteiger partial charge in [-0.15, -0.1) is 11.3 Å². The average molecular weight is 295 g/mol. The molecule has 6 heteroatoms. The van der Waals surface area contributed by atoms with Gasteiger partial charge in [-0.05, 0) is 43.2 Å². The Morgan fingerprint density at radius 2 is 2.15 bits per heavy atom. The van der Waals surface area contributed by atoms with Crippen molar-refractivity contribution in [3.8, 4) is 0 Å². The van der Waals surface area contributed by atoms with E-state index in [1.54, 1.807) is 11.3 Å². The van der Waals surface area contributed by atoms with Crippen molar-refractivity contribution < 1.29 is 19.4 Å². The largest absolute Gasteiger partial charge is 0.479 e. The number of ether oxygens (including phenoxy) is 1. The summed E-state index contributed by atoms with van der Waals surface area (Å²) >= 11 is 1.73. The van der Waals surface area contributed by atoms with Crippen LogP contribution >= 0.6 is 11.3 Å². The van der Waals surface area contributed by atoms with Gasteiger partial charge in [-0.2, -0.15) is 0 Å². The van der Waals surface area contributed by atoms with Crippen LogP contribution in [0.5, 0.6) is 0 Å². The molecule has 0 radical (unpaired) electrons. The number of hydrogen-bond donors (Lipinski definition) is 1. The van der Waals surface area contributed by atoms with Crippen LogP contribution in [-0.4, -0.2) is 40.6 Å². The predicted molar refractivity (Wildman–Crippen MR) is 73.7 cm³/mol. The van der Waals surface area contributed by atoms with Crippen LogP contribution in [0.1, 0.15) is 36.2 Å². The molecule has 3 rings (SSSR count). The first-order valence-corrected chi connectivity index (χ1v) is 7.71. The maximum Gasteiger partial charge on any atom is 0.332 e. The summed E-state index contributed by atoms with van der Waals surface area (Å²) < 4.78 is 5.37. The lowest BCUT2D eigenvalue weighted by Gasteiger charge is -2.35. The fraction of sp³-hybridized carbons (Fsp3) is 0.571. The molecule has 1 saturated heterocycles. The second-order valence-electron chi connectivity index (χ2n) is 5.29. The third-order valence-electron chi connectivity index (χ3n) is 4.13. The SMILES string of the molecule is CC1c2ccsc2CCN1C(=O)[C@@H]1CC[C@H](C(=O)O)O1. The highest BCUT2D eigenvalue weighted by Gasteiger charge is 2.39. The van der Waals surface area contributed by atoms with E-state index >= 15 is 0 Å². The minimum Gasteiger partial charge on any atom is -0.479 e. The molecule has 1 fully saturated rings. The second kappa shape index (κ2) is 5.18. The lowest BCUT2D eigenvalue weighted by atomic mass is 10.0. The van der Waals surface area contributed by atoms with E-state index < -0.39 is 18.2 Å². The first-order valence-electron chi connectivity index (χ1n) is 6.83. The standard InChI is InChI=1S/C14H17NO4S/c1-8-9-5-7-20-12(9)4-6-15(8)13(16)10-2-3-11(19-10)14(17)18/h5,7-8,10-11H,2-4,6H2,1H3,(H,17,18)/t8?,10-,11+/m0/s1. The van der Waals surface area contributed by atoms with Crippen LogP contribution in [0, 0.1) is 0 Å². The van der Waals surface area contributed by atoms with Gasteiger partial charge in [0.25, 0.3) is 5.91 Å². The summed E-state index contributed by atoms with van der Waals surface area (Å²) in [4.78, 5) is 26.6. The predicted octanol–water partition coefficient (Wildman–Crippen LogP) is 1.83. The van der Waals surface area contributed by atoms with Gasteiger partial charge in [0.05, 0.1) is 6.04 Å². The van der Waals surface area contributed by atoms with Crippen molar-refractivity contribution in [2.24, 2.45) is 0 Å². The molecule has 20 heavy (non-hydrogen) atoms. The van der Waals surface area contributed by atoms with E-state index in [1.807, 2.05) is 11.8 Å². The topological polar surface area (TPSA) is 66.8 Å². The molecule has 0 aliphatic carbocycles. The molecule has 0 spiro atoms. The lowest BCUT2D eigenvalue weighted by molar-refractivity contribution is -0.155. The Hall–Kier alpha value is -1.40. The molecule has 1 unspecified atom stereocenters. The van der Waals surface area contributed by atoms with E-state index in [-0.39, 0.29) is 11.9 Å². The van der Waals surface area contributed by atoms with E-state index in [0.717, 1.165) is 6.42 Å². The Balaban J connectivity index is 1.71. The summed E-state index contributed by atoms with van der Waals surface area (Å²) in [6, 6.07) is 2.12. The molecule has 0 aromatic carbocycles. The smallest absolute Gasteiger partial charge is 0.332 e. The van der Waals surface area contributed by atoms with Gasteiger partial charge in [0, 0.05) is 11.4 Å². The maximum absolute atomic E-state index is 12.5. The molecule has 2 aliphatic heterocycles. The van der Waals surface area contributed by atoms with E-state index in [1.165, 1.54) is 10.4 Å². The van der Waals surface area contributed by atoms with E-state index in [0.29, 0.717) is 19.4 Å². The van der Waals surface area contributed by atoms with Crippen LogP contribution in [0.4, 0.5) is 0 Å². The number of fused-ring (bicyclic) bond motifs is 1. The van der Waals surface area contributed by atoms with Crippen LogP contribution in [0.15, 0.2) is 11.4 Å². The van der Waals surface area contributed by atoms with E-state index in [9.17, 15) is 9.59 Å². The van der Waals surface area contributed by atoms with E-state index in [2.05, 4.69) is 11.4 Å². The maximum atomic E-state index is 12.5. The van der Waals surface area contributed by atoms with Crippen molar-refractivity contribution in [1.29, 1.82) is 0 Å². The van der Waals surface area contributed by atoms with Crippen molar-refractivity contribution in [1.82, 2.24) is 4.90 Å². The number of aliphatic carboxylic acids is 1. The van der Waals surface area contributed by atoms with Gasteiger partial charge in [0.15, 0.2) is 6.10 Å². The average Bonchev–Trinajstić information content (AvgIpc) is 3.08. The number of hydrogen-bond acceptors (Lipinski definition) is 4. The molecule has 2 aliphatic rings. The van der Waals surface area contributed by atoms with Crippen LogP contribution in [0.2, 0.25) is 0 Å². The van der Waals surface area contributed by atoms with Crippen LogP contribution in [0.25, 0.3) is 0 Å². The van der Waals surface area contributed by atoms with Crippen molar-refractivity contribution in [2.75, 3.05) is 6.54 Å². The molecule has 3 atom stereocenters. The number of carboxylic acid groups (broad SMARTS) is 1. The molecule has 5 nitrogen and oxygen atoms in total. The zero-order valence-corrected chi connectivity index (χ0v) is 12.1. The molecule has 1 amide bonds. The van der Waals surface area contributed by atoms with E-state index in [4.69, 9.17) is 9.84 Å². The molecular weight excluding hydrogens is 278 g/mol. The van der Waals surface area contributed by atoms with Crippen LogP contribution in [-0.2, 0) is 20.7 Å². The fourth-order valence-electron chi connectivity index (χ4n) is 3.00. The van der Waals surface area contributed by atoms with Crippen molar-refractivity contribution in [3.63, 3.8) is 0 Å². The summed E-state index contributed by atoms with van der Waals surface area (Å²) in [6.07, 6.45) is 0.352. The fourth-order valence-corrected chi connectivity index (χ4v) is 3.96. The highest BCUT2D eigenvalue weighted by molar-refractivity contribution is 7.10. The summed E-state index contributed by atoms with van der Waals surface area (Å²) in [5.74, 6) is -1.05. The van der Waals surface area contributed by atoms with Gasteiger partial charge in [-0.25, -0.2) is 4.79 Å². The van der Waals surface area contributed by atoms with Gasteiger partial charge >= 0.3 is 5.97 Å². The Labute approximate surface area is 121 Å². The third-order valence-corrected chi connectivity index (χ3v) is 5.13. The van der Waals surface area contributed by atoms with Crippen LogP contribution in [0.3, 0.4) is 0 Å². The number of carbonyl (C=O) groups excluding carboxylic acids is 1. The Morgan fingerprint density at radius 3 is 2.85 bits per heavy atom. The Kier molecular flexibility index (Phi) is 3.52. The summed E-state index contributed by atoms with van der Waals surface area (Å²) in [7, 11) is 0. The minimum atomic E-state index is -0.980. The zero-order chi connectivity index (χ0) is 14.3. The molecular formula is C14H17NO4S. The number of amides is 1. The highest BCUT2D eigenvalue weighted by Crippen LogP contribution is 2.34. The van der Waals surface area contributed by atoms with Crippen molar-refractivity contribution >= 4 is 23.2 Å². The Morgan fingerprint density at radius 1 is 1.40 bits per heavy atom. The number of nitrogens with zero attached hydrogens (tertiary/aromatic N) is 1. The monoisotopic (exact) mass is 295 g/mol. The number of rotatable bonds is 2. The summed E-state index contributed by atoms with van der Waals surface area (Å²) in [5.41, 5.74) is 1.21. The third kappa shape index (κ3) is 2.23. The molecule has 0 saturated carbocycles. The van der Waals surface area contributed by atoms with Gasteiger partial charge in [0.1, 0.15) is 6.10 Å². The second-order valence-corrected chi connectivity index (χ2v) is 6.29. The molecule has 108 valence electrons. The quantitative estimate of drug-likeness (QED) is 0.904. The summed E-state index contributed by atoms with van der Waals surface area (Å²) in [5, 5.41) is 11.0. The first kappa shape index (κ1) is 13.6. The van der Waals surface area contributed by atoms with Crippen molar-refractivity contribution in [3.05, 3.63) is 21.9 Å². The zero-order valence-electron chi connectivity index (χ0n) is 11.2. The minimum absolute atomic E-state index is 0.0463. The van der Waals surface area contributed by atoms with Gasteiger partial charge < -0.3 is 14.7 Å². The number of thiophene rings is 1. The van der Waals surface area contributed by atoms with Gasteiger partial charge in [0.2, 0.25) is 0 Å². The molecule has 1 aromatic rings. The first-order chi connectivity index (χ1) is 9.58. The molecule has 1 N–H and O–H groups in total. The summed E-state index contributed by atoms with van der Waals surface area (Å²) in [6.45, 7) is 2.71. The van der Waals surface area contributed by atoms with Gasteiger partial charge in [-0.1, -0.05) is 0 Å². The lowest BCUT2D eigenvalue weighted by Crippen LogP contribution is -2.44. The van der Waals surface area contributed by atoms with Gasteiger partial charge in [-0.3, -0.25) is 4.79 Å². The molecule has 1 aromatic heterocycles. The molecule has 0 bridgehead atoms. The normalized spacial score (nSPS) is 29.2.